The summed E-state index contributed by atoms with van der Waals surface area (Å²) in [7, 11) is 0. The van der Waals surface area contributed by atoms with Crippen molar-refractivity contribution in [2.24, 2.45) is 0 Å². The summed E-state index contributed by atoms with van der Waals surface area (Å²) in [6.07, 6.45) is 2.77. The second-order valence-electron chi connectivity index (χ2n) is 2.49. The highest BCUT2D eigenvalue weighted by atomic mass is 16.4. The van der Waals surface area contributed by atoms with Gasteiger partial charge in [-0.25, -0.2) is 4.79 Å². The van der Waals surface area contributed by atoms with Crippen LogP contribution >= 0.6 is 0 Å². The SMILES string of the molecule is O=C(O)c1cocc2cccc1-2. The molecule has 0 saturated carbocycles. The largest absolute Gasteiger partial charge is 0.478 e. The van der Waals surface area contributed by atoms with Crippen LogP contribution in [0.2, 0.25) is 0 Å². The molecule has 0 bridgehead atoms. The molecule has 1 heterocycles. The van der Waals surface area contributed by atoms with E-state index in [0.717, 1.165) is 5.56 Å². The summed E-state index contributed by atoms with van der Waals surface area (Å²) in [5, 5.41) is 8.74. The number of hydrogen-bond donors (Lipinski definition) is 1. The minimum Gasteiger partial charge on any atom is -0.478 e. The zero-order chi connectivity index (χ0) is 8.55. The summed E-state index contributed by atoms with van der Waals surface area (Å²) in [4.78, 5) is 10.7. The van der Waals surface area contributed by atoms with E-state index >= 15 is 0 Å². The maximum atomic E-state index is 10.7. The number of rotatable bonds is 1. The monoisotopic (exact) mass is 162 g/mol. The number of carboxylic acid groups (broad SMARTS) is 1. The average Bonchev–Trinajstić information content (AvgIpc) is 2.49. The van der Waals surface area contributed by atoms with Gasteiger partial charge in [-0.3, -0.25) is 0 Å². The number of carboxylic acids is 1. The Morgan fingerprint density at radius 2 is 2.17 bits per heavy atom. The van der Waals surface area contributed by atoms with Crippen molar-refractivity contribution in [2.75, 3.05) is 0 Å². The first-order chi connectivity index (χ1) is 5.79. The Morgan fingerprint density at radius 3 is 2.92 bits per heavy atom. The maximum Gasteiger partial charge on any atom is 0.339 e. The first-order valence-corrected chi connectivity index (χ1v) is 3.47. The smallest absolute Gasteiger partial charge is 0.339 e. The number of fused-ring (bicyclic) bond motifs is 1. The van der Waals surface area contributed by atoms with E-state index in [4.69, 9.17) is 9.52 Å². The minimum atomic E-state index is -0.962. The summed E-state index contributed by atoms with van der Waals surface area (Å²) >= 11 is 0. The van der Waals surface area contributed by atoms with Crippen LogP contribution in [-0.2, 0) is 0 Å². The van der Waals surface area contributed by atoms with Crippen LogP contribution in [0.15, 0.2) is 35.1 Å². The van der Waals surface area contributed by atoms with Gasteiger partial charge in [0.1, 0.15) is 11.8 Å². The van der Waals surface area contributed by atoms with E-state index in [2.05, 4.69) is 0 Å². The molecular formula is C9H6O3. The van der Waals surface area contributed by atoms with E-state index in [9.17, 15) is 4.79 Å². The van der Waals surface area contributed by atoms with E-state index in [-0.39, 0.29) is 5.56 Å². The Balaban J connectivity index is 2.71. The van der Waals surface area contributed by atoms with Crippen LogP contribution in [-0.4, -0.2) is 11.1 Å². The van der Waals surface area contributed by atoms with Gasteiger partial charge >= 0.3 is 5.97 Å². The molecule has 1 aliphatic carbocycles. The van der Waals surface area contributed by atoms with Crippen molar-refractivity contribution < 1.29 is 14.3 Å². The highest BCUT2D eigenvalue weighted by Gasteiger charge is 2.13. The highest BCUT2D eigenvalue weighted by Crippen LogP contribution is 2.26. The topological polar surface area (TPSA) is 50.4 Å². The van der Waals surface area contributed by atoms with Crippen molar-refractivity contribution in [2.45, 2.75) is 0 Å². The van der Waals surface area contributed by atoms with E-state index in [1.54, 1.807) is 12.1 Å². The minimum absolute atomic E-state index is 0.206. The second kappa shape index (κ2) is 2.37. The molecule has 0 spiro atoms. The van der Waals surface area contributed by atoms with Crippen LogP contribution in [0.3, 0.4) is 0 Å². The van der Waals surface area contributed by atoms with Crippen LogP contribution in [0, 0.1) is 0 Å². The molecule has 0 aromatic carbocycles. The molecule has 0 aromatic rings. The molecule has 0 saturated heterocycles. The predicted octanol–water partition coefficient (Wildman–Crippen LogP) is 2.08. The zero-order valence-electron chi connectivity index (χ0n) is 6.15. The van der Waals surface area contributed by atoms with Crippen LogP contribution < -0.4 is 0 Å². The lowest BCUT2D eigenvalue weighted by atomic mass is 10.1. The fourth-order valence-electron chi connectivity index (χ4n) is 1.19. The van der Waals surface area contributed by atoms with Crippen LogP contribution in [0.5, 0.6) is 0 Å². The third-order valence-electron chi connectivity index (χ3n) is 1.75. The van der Waals surface area contributed by atoms with Gasteiger partial charge in [0.05, 0.1) is 6.26 Å². The third-order valence-corrected chi connectivity index (χ3v) is 1.75. The van der Waals surface area contributed by atoms with Gasteiger partial charge in [0.15, 0.2) is 0 Å². The van der Waals surface area contributed by atoms with Crippen molar-refractivity contribution in [3.05, 3.63) is 36.3 Å². The highest BCUT2D eigenvalue weighted by molar-refractivity contribution is 5.95. The fraction of sp³-hybridized carbons (Fsp3) is 0. The fourth-order valence-corrected chi connectivity index (χ4v) is 1.19. The molecule has 1 aliphatic heterocycles. The Bertz CT molecular complexity index is 389. The molecule has 60 valence electrons. The van der Waals surface area contributed by atoms with Crippen molar-refractivity contribution in [3.63, 3.8) is 0 Å². The van der Waals surface area contributed by atoms with Crippen molar-refractivity contribution in [3.8, 4) is 11.1 Å². The summed E-state index contributed by atoms with van der Waals surface area (Å²) in [5.74, 6) is -0.962. The van der Waals surface area contributed by atoms with Gasteiger partial charge in [0, 0.05) is 11.1 Å². The molecule has 0 fully saturated rings. The molecule has 0 aromatic heterocycles. The lowest BCUT2D eigenvalue weighted by Gasteiger charge is -2.00. The number of aromatic carboxylic acids is 1. The Kier molecular flexibility index (Phi) is 1.37. The molecule has 0 unspecified atom stereocenters. The first kappa shape index (κ1) is 6.91. The van der Waals surface area contributed by atoms with Gasteiger partial charge in [0.2, 0.25) is 0 Å². The molecule has 2 rings (SSSR count). The zero-order valence-corrected chi connectivity index (χ0v) is 6.15. The third kappa shape index (κ3) is 0.871. The summed E-state index contributed by atoms with van der Waals surface area (Å²) in [5.41, 5.74) is 1.74. The van der Waals surface area contributed by atoms with Crippen LogP contribution in [0.1, 0.15) is 10.4 Å². The lowest BCUT2D eigenvalue weighted by molar-refractivity contribution is 0.0695. The number of carbonyl (C=O) groups is 1. The second-order valence-corrected chi connectivity index (χ2v) is 2.49. The summed E-state index contributed by atoms with van der Waals surface area (Å²) in [6.45, 7) is 0. The molecule has 3 nitrogen and oxygen atoms in total. The first-order valence-electron chi connectivity index (χ1n) is 3.47. The van der Waals surface area contributed by atoms with E-state index in [1.165, 1.54) is 12.5 Å². The Hall–Kier alpha value is -1.77. The number of hydrogen-bond acceptors (Lipinski definition) is 2. The molecule has 0 amide bonds. The van der Waals surface area contributed by atoms with Gasteiger partial charge in [-0.15, -0.1) is 0 Å². The van der Waals surface area contributed by atoms with E-state index in [0.29, 0.717) is 5.56 Å². The standard InChI is InChI=1S/C9H6O3/c10-9(11)8-5-12-4-6-2-1-3-7(6)8/h1-5H,(H,10,11). The molecule has 3 heteroatoms. The summed E-state index contributed by atoms with van der Waals surface area (Å²) < 4.78 is 4.86. The molecule has 0 radical (unpaired) electrons. The van der Waals surface area contributed by atoms with Gasteiger partial charge in [-0.05, 0) is 0 Å². The van der Waals surface area contributed by atoms with Gasteiger partial charge < -0.3 is 9.52 Å². The van der Waals surface area contributed by atoms with Gasteiger partial charge in [-0.2, -0.15) is 0 Å². The predicted molar refractivity (Wildman–Crippen MR) is 42.3 cm³/mol. The normalized spacial score (nSPS) is 10.3. The van der Waals surface area contributed by atoms with Crippen LogP contribution in [0.4, 0.5) is 0 Å². The Labute approximate surface area is 68.6 Å². The molecule has 2 aliphatic rings. The quantitative estimate of drug-likeness (QED) is 0.698. The molecular weight excluding hydrogens is 156 g/mol. The van der Waals surface area contributed by atoms with Crippen molar-refractivity contribution in [1.82, 2.24) is 0 Å². The maximum absolute atomic E-state index is 10.7. The van der Waals surface area contributed by atoms with Gasteiger partial charge in [0.25, 0.3) is 0 Å². The Morgan fingerprint density at radius 1 is 1.33 bits per heavy atom. The van der Waals surface area contributed by atoms with E-state index < -0.39 is 5.97 Å². The van der Waals surface area contributed by atoms with Crippen LogP contribution in [0.25, 0.3) is 11.1 Å². The van der Waals surface area contributed by atoms with E-state index in [1.807, 2.05) is 6.07 Å². The molecule has 12 heavy (non-hydrogen) atoms. The lowest BCUT2D eigenvalue weighted by Crippen LogP contribution is -1.97. The molecule has 1 N–H and O–H groups in total. The summed E-state index contributed by atoms with van der Waals surface area (Å²) in [6, 6.07) is 5.37. The van der Waals surface area contributed by atoms with Crippen molar-refractivity contribution in [1.29, 1.82) is 0 Å². The van der Waals surface area contributed by atoms with Crippen molar-refractivity contribution >= 4 is 5.97 Å². The molecule has 0 atom stereocenters. The van der Waals surface area contributed by atoms with Gasteiger partial charge in [-0.1, -0.05) is 18.2 Å². The average molecular weight is 162 g/mol.